The normalized spacial score (nSPS) is 18.2. The molecule has 0 bridgehead atoms. The molecule has 2 aromatic rings. The van der Waals surface area contributed by atoms with Crippen LogP contribution in [0.25, 0.3) is 6.08 Å². The van der Waals surface area contributed by atoms with Crippen LogP contribution >= 0.6 is 11.6 Å². The number of benzene rings is 2. The molecule has 0 heterocycles. The second kappa shape index (κ2) is 11.1. The molecule has 0 radical (unpaired) electrons. The fourth-order valence-electron chi connectivity index (χ4n) is 4.20. The van der Waals surface area contributed by atoms with Crippen molar-refractivity contribution in [1.82, 2.24) is 10.2 Å². The standard InChI is InChI=1S/C26H27ClN2O5/c1-18(30)28-22(16-19-10-4-3-5-11-19)25(33)34-17-24(32)29(2)26(15-9-8-14-23(26)31)20-12-6-7-13-21(20)27/h3-7,10-13,16H,8-9,14-15,17H2,1-2H3,(H,28,30). The van der Waals surface area contributed by atoms with Crippen LogP contribution in [0.2, 0.25) is 5.02 Å². The highest BCUT2D eigenvalue weighted by Crippen LogP contribution is 2.42. The minimum atomic E-state index is -1.22. The summed E-state index contributed by atoms with van der Waals surface area (Å²) in [6.45, 7) is 0.674. The van der Waals surface area contributed by atoms with Gasteiger partial charge in [0.15, 0.2) is 12.4 Å². The Bertz CT molecular complexity index is 1120. The molecule has 1 unspecified atom stereocenters. The van der Waals surface area contributed by atoms with E-state index in [0.29, 0.717) is 29.0 Å². The number of nitrogens with zero attached hydrogens (tertiary/aromatic N) is 1. The average Bonchev–Trinajstić information content (AvgIpc) is 2.83. The van der Waals surface area contributed by atoms with Gasteiger partial charge in [-0.2, -0.15) is 0 Å². The molecule has 1 aliphatic rings. The second-order valence-corrected chi connectivity index (χ2v) is 8.56. The van der Waals surface area contributed by atoms with Gasteiger partial charge in [-0.1, -0.05) is 60.1 Å². The molecular formula is C26H27ClN2O5. The van der Waals surface area contributed by atoms with Crippen LogP contribution in [0.5, 0.6) is 0 Å². The smallest absolute Gasteiger partial charge is 0.355 e. The molecule has 2 aromatic carbocycles. The number of halogens is 1. The third-order valence-electron chi connectivity index (χ3n) is 5.89. The number of carbonyl (C=O) groups excluding carboxylic acids is 4. The minimum absolute atomic E-state index is 0.0938. The number of Topliss-reactive ketones (excluding diaryl/α,β-unsaturated/α-hetero) is 1. The quantitative estimate of drug-likeness (QED) is 0.478. The Hall–Kier alpha value is -3.45. The Morgan fingerprint density at radius 3 is 2.41 bits per heavy atom. The monoisotopic (exact) mass is 482 g/mol. The zero-order valence-electron chi connectivity index (χ0n) is 19.2. The number of likely N-dealkylation sites (N-methyl/N-ethyl adjacent to an activating group) is 1. The van der Waals surface area contributed by atoms with Gasteiger partial charge in [-0.05, 0) is 37.0 Å². The molecule has 0 aromatic heterocycles. The third kappa shape index (κ3) is 5.54. The van der Waals surface area contributed by atoms with Gasteiger partial charge in [0.25, 0.3) is 5.91 Å². The molecule has 1 N–H and O–H groups in total. The highest BCUT2D eigenvalue weighted by atomic mass is 35.5. The fraction of sp³-hybridized carbons (Fsp3) is 0.308. The van der Waals surface area contributed by atoms with Gasteiger partial charge in [0.05, 0.1) is 0 Å². The summed E-state index contributed by atoms with van der Waals surface area (Å²) in [4.78, 5) is 51.9. The number of hydrogen-bond acceptors (Lipinski definition) is 5. The van der Waals surface area contributed by atoms with Crippen molar-refractivity contribution >= 4 is 41.2 Å². The molecule has 0 aliphatic heterocycles. The average molecular weight is 483 g/mol. The summed E-state index contributed by atoms with van der Waals surface area (Å²) >= 11 is 6.43. The minimum Gasteiger partial charge on any atom is -0.451 e. The number of rotatable bonds is 7. The van der Waals surface area contributed by atoms with Gasteiger partial charge < -0.3 is 15.0 Å². The maximum atomic E-state index is 13.2. The van der Waals surface area contributed by atoms with Gasteiger partial charge >= 0.3 is 5.97 Å². The maximum Gasteiger partial charge on any atom is 0.355 e. The van der Waals surface area contributed by atoms with Crippen LogP contribution in [0, 0.1) is 0 Å². The first-order valence-corrected chi connectivity index (χ1v) is 11.4. The van der Waals surface area contributed by atoms with Gasteiger partial charge in [-0.3, -0.25) is 14.4 Å². The van der Waals surface area contributed by atoms with E-state index in [0.717, 1.165) is 12.8 Å². The Morgan fingerprint density at radius 2 is 1.76 bits per heavy atom. The largest absolute Gasteiger partial charge is 0.451 e. The lowest BCUT2D eigenvalue weighted by Crippen LogP contribution is -2.55. The molecule has 1 saturated carbocycles. The van der Waals surface area contributed by atoms with E-state index in [4.69, 9.17) is 16.3 Å². The Kier molecular flexibility index (Phi) is 8.23. The molecule has 0 spiro atoms. The lowest BCUT2D eigenvalue weighted by atomic mass is 9.74. The van der Waals surface area contributed by atoms with E-state index >= 15 is 0 Å². The highest BCUT2D eigenvalue weighted by Gasteiger charge is 2.48. The molecule has 0 saturated heterocycles. The van der Waals surface area contributed by atoms with Crippen LogP contribution in [0.1, 0.15) is 43.7 Å². The van der Waals surface area contributed by atoms with Crippen molar-refractivity contribution in [3.05, 3.63) is 76.4 Å². The molecular weight excluding hydrogens is 456 g/mol. The van der Waals surface area contributed by atoms with Gasteiger partial charge in [0.2, 0.25) is 5.91 Å². The van der Waals surface area contributed by atoms with E-state index in [9.17, 15) is 19.2 Å². The summed E-state index contributed by atoms with van der Waals surface area (Å²) in [5.41, 5.74) is -0.0762. The molecule has 8 heteroatoms. The highest BCUT2D eigenvalue weighted by molar-refractivity contribution is 6.31. The Morgan fingerprint density at radius 1 is 1.09 bits per heavy atom. The molecule has 7 nitrogen and oxygen atoms in total. The van der Waals surface area contributed by atoms with Crippen molar-refractivity contribution in [3.63, 3.8) is 0 Å². The van der Waals surface area contributed by atoms with Crippen LogP contribution in [-0.2, 0) is 29.5 Å². The zero-order valence-corrected chi connectivity index (χ0v) is 19.9. The number of ether oxygens (including phenoxy) is 1. The van der Waals surface area contributed by atoms with E-state index in [-0.39, 0.29) is 11.5 Å². The summed E-state index contributed by atoms with van der Waals surface area (Å²) < 4.78 is 5.24. The maximum absolute atomic E-state index is 13.2. The second-order valence-electron chi connectivity index (χ2n) is 8.15. The van der Waals surface area contributed by atoms with Crippen LogP contribution in [-0.4, -0.2) is 42.1 Å². The Labute approximate surface area is 203 Å². The van der Waals surface area contributed by atoms with Crippen molar-refractivity contribution in [2.24, 2.45) is 0 Å². The number of nitrogens with one attached hydrogen (secondary N) is 1. The topological polar surface area (TPSA) is 92.8 Å². The van der Waals surface area contributed by atoms with Gasteiger partial charge in [0.1, 0.15) is 11.2 Å². The predicted octanol–water partition coefficient (Wildman–Crippen LogP) is 3.86. The predicted molar refractivity (Wildman–Crippen MR) is 129 cm³/mol. The van der Waals surface area contributed by atoms with Crippen LogP contribution in [0.15, 0.2) is 60.3 Å². The molecule has 34 heavy (non-hydrogen) atoms. The summed E-state index contributed by atoms with van der Waals surface area (Å²) in [5, 5.41) is 2.84. The van der Waals surface area contributed by atoms with Gasteiger partial charge in [-0.25, -0.2) is 4.79 Å². The van der Waals surface area contributed by atoms with Crippen molar-refractivity contribution in [3.8, 4) is 0 Å². The van der Waals surface area contributed by atoms with Crippen molar-refractivity contribution < 1.29 is 23.9 Å². The fourth-order valence-corrected chi connectivity index (χ4v) is 4.49. The number of ketones is 1. The number of hydrogen-bond donors (Lipinski definition) is 1. The summed E-state index contributed by atoms with van der Waals surface area (Å²) in [5.74, 6) is -1.96. The summed E-state index contributed by atoms with van der Waals surface area (Å²) in [6.07, 6.45) is 3.72. The first-order chi connectivity index (χ1) is 16.3. The lowest BCUT2D eigenvalue weighted by molar-refractivity contribution is -0.156. The molecule has 3 rings (SSSR count). The van der Waals surface area contributed by atoms with Crippen molar-refractivity contribution in [1.29, 1.82) is 0 Å². The third-order valence-corrected chi connectivity index (χ3v) is 6.22. The van der Waals surface area contributed by atoms with E-state index in [2.05, 4.69) is 5.32 Å². The molecule has 1 atom stereocenters. The van der Waals surface area contributed by atoms with Crippen molar-refractivity contribution in [2.75, 3.05) is 13.7 Å². The lowest BCUT2D eigenvalue weighted by Gasteiger charge is -2.43. The Balaban J connectivity index is 1.81. The first kappa shape index (κ1) is 25.2. The number of esters is 1. The van der Waals surface area contributed by atoms with Crippen LogP contribution in [0.4, 0.5) is 0 Å². The number of carbonyl (C=O) groups is 4. The van der Waals surface area contributed by atoms with Gasteiger partial charge in [-0.15, -0.1) is 0 Å². The van der Waals surface area contributed by atoms with Crippen molar-refractivity contribution in [2.45, 2.75) is 38.1 Å². The first-order valence-electron chi connectivity index (χ1n) is 11.0. The molecule has 1 aliphatic carbocycles. The molecule has 1 fully saturated rings. The van der Waals surface area contributed by atoms with E-state index in [1.54, 1.807) is 48.5 Å². The van der Waals surface area contributed by atoms with E-state index in [1.807, 2.05) is 6.07 Å². The van der Waals surface area contributed by atoms with Crippen LogP contribution in [0.3, 0.4) is 0 Å². The van der Waals surface area contributed by atoms with Crippen LogP contribution < -0.4 is 5.32 Å². The number of amides is 2. The SMILES string of the molecule is CC(=O)NC(=Cc1ccccc1)C(=O)OCC(=O)N(C)C1(c2ccccc2Cl)CCCCC1=O. The molecule has 2 amide bonds. The van der Waals surface area contributed by atoms with E-state index in [1.165, 1.54) is 24.9 Å². The summed E-state index contributed by atoms with van der Waals surface area (Å²) in [7, 11) is 1.53. The van der Waals surface area contributed by atoms with E-state index < -0.39 is 29.9 Å². The van der Waals surface area contributed by atoms with Gasteiger partial charge in [0, 0.05) is 31.0 Å². The summed E-state index contributed by atoms with van der Waals surface area (Å²) in [6, 6.07) is 15.9. The zero-order chi connectivity index (χ0) is 24.7. The molecule has 178 valence electrons.